The second kappa shape index (κ2) is 5.92. The van der Waals surface area contributed by atoms with E-state index in [1.165, 1.54) is 6.20 Å². The van der Waals surface area contributed by atoms with Crippen LogP contribution in [0.2, 0.25) is 5.02 Å². The second-order valence-electron chi connectivity index (χ2n) is 4.57. The number of pyridine rings is 1. The fraction of sp³-hybridized carbons (Fsp3) is 0.200. The van der Waals surface area contributed by atoms with Crippen LogP contribution in [0.15, 0.2) is 36.5 Å². The molecular weight excluding hydrogens is 276 g/mol. The van der Waals surface area contributed by atoms with Crippen molar-refractivity contribution in [1.82, 2.24) is 10.3 Å². The van der Waals surface area contributed by atoms with Gasteiger partial charge in [0.05, 0.1) is 6.04 Å². The molecule has 1 aromatic heterocycles. The fourth-order valence-corrected chi connectivity index (χ4v) is 1.94. The van der Waals surface area contributed by atoms with Gasteiger partial charge in [0.2, 0.25) is 0 Å². The summed E-state index contributed by atoms with van der Waals surface area (Å²) in [5.74, 6) is -0.498. The Morgan fingerprint density at radius 2 is 1.95 bits per heavy atom. The topological polar surface area (TPSA) is 62.2 Å². The number of aryl methyl sites for hydroxylation is 1. The standard InChI is InChI=1S/C15H15ClN2O2/c1-9-7-8-17-13(14(9)19)15(20)18-10(2)11-3-5-12(16)6-4-11/h3-8,10,19H,1-2H3,(H,18,20). The average molecular weight is 291 g/mol. The molecule has 104 valence electrons. The molecule has 1 aromatic carbocycles. The average Bonchev–Trinajstić information content (AvgIpc) is 2.42. The molecule has 5 heteroatoms. The van der Waals surface area contributed by atoms with Crippen molar-refractivity contribution in [3.63, 3.8) is 0 Å². The number of hydrogen-bond donors (Lipinski definition) is 2. The lowest BCUT2D eigenvalue weighted by Crippen LogP contribution is -2.27. The Morgan fingerprint density at radius 1 is 1.30 bits per heavy atom. The van der Waals surface area contributed by atoms with Crippen molar-refractivity contribution in [2.24, 2.45) is 0 Å². The highest BCUT2D eigenvalue weighted by atomic mass is 35.5. The van der Waals surface area contributed by atoms with Crippen molar-refractivity contribution in [2.75, 3.05) is 0 Å². The highest BCUT2D eigenvalue weighted by Gasteiger charge is 2.17. The van der Waals surface area contributed by atoms with Crippen molar-refractivity contribution in [1.29, 1.82) is 0 Å². The summed E-state index contributed by atoms with van der Waals surface area (Å²) < 4.78 is 0. The number of nitrogens with zero attached hydrogens (tertiary/aromatic N) is 1. The summed E-state index contributed by atoms with van der Waals surface area (Å²) in [6.07, 6.45) is 1.50. The Labute approximate surface area is 122 Å². The van der Waals surface area contributed by atoms with Crippen LogP contribution in [0.25, 0.3) is 0 Å². The van der Waals surface area contributed by atoms with Gasteiger partial charge in [-0.15, -0.1) is 0 Å². The largest absolute Gasteiger partial charge is 0.505 e. The van der Waals surface area contributed by atoms with E-state index in [0.29, 0.717) is 10.6 Å². The quantitative estimate of drug-likeness (QED) is 0.912. The summed E-state index contributed by atoms with van der Waals surface area (Å²) in [6, 6.07) is 8.66. The maximum Gasteiger partial charge on any atom is 0.274 e. The molecule has 2 rings (SSSR count). The van der Waals surface area contributed by atoms with Crippen molar-refractivity contribution >= 4 is 17.5 Å². The molecule has 1 heterocycles. The lowest BCUT2D eigenvalue weighted by Gasteiger charge is -2.15. The Morgan fingerprint density at radius 3 is 2.60 bits per heavy atom. The van der Waals surface area contributed by atoms with Gasteiger partial charge >= 0.3 is 0 Å². The number of carbonyl (C=O) groups excluding carboxylic acids is 1. The summed E-state index contributed by atoms with van der Waals surface area (Å²) in [6.45, 7) is 3.57. The molecule has 0 radical (unpaired) electrons. The van der Waals surface area contributed by atoms with Crippen LogP contribution in [0.5, 0.6) is 5.75 Å². The number of nitrogens with one attached hydrogen (secondary N) is 1. The van der Waals surface area contributed by atoms with Crippen LogP contribution in [-0.2, 0) is 0 Å². The van der Waals surface area contributed by atoms with Gasteiger partial charge in [0, 0.05) is 11.2 Å². The van der Waals surface area contributed by atoms with E-state index in [0.717, 1.165) is 5.56 Å². The van der Waals surface area contributed by atoms with Gasteiger partial charge in [0.25, 0.3) is 5.91 Å². The van der Waals surface area contributed by atoms with E-state index < -0.39 is 5.91 Å². The molecule has 1 unspecified atom stereocenters. The molecule has 2 N–H and O–H groups in total. The molecular formula is C15H15ClN2O2. The first-order chi connectivity index (χ1) is 9.49. The number of carbonyl (C=O) groups is 1. The number of rotatable bonds is 3. The lowest BCUT2D eigenvalue weighted by molar-refractivity contribution is 0.0931. The molecule has 0 aliphatic heterocycles. The predicted octanol–water partition coefficient (Wildman–Crippen LogP) is 3.24. The van der Waals surface area contributed by atoms with Gasteiger partial charge in [0.1, 0.15) is 5.75 Å². The zero-order valence-corrected chi connectivity index (χ0v) is 12.0. The monoisotopic (exact) mass is 290 g/mol. The SMILES string of the molecule is Cc1ccnc(C(=O)NC(C)c2ccc(Cl)cc2)c1O. The van der Waals surface area contributed by atoms with Crippen molar-refractivity contribution < 1.29 is 9.90 Å². The van der Waals surface area contributed by atoms with Crippen LogP contribution in [0.1, 0.15) is 34.6 Å². The first-order valence-corrected chi connectivity index (χ1v) is 6.57. The van der Waals surface area contributed by atoms with E-state index >= 15 is 0 Å². The Hall–Kier alpha value is -2.07. The molecule has 1 atom stereocenters. The van der Waals surface area contributed by atoms with Gasteiger partial charge in [-0.1, -0.05) is 23.7 Å². The van der Waals surface area contributed by atoms with Crippen molar-refractivity contribution in [3.05, 3.63) is 58.4 Å². The molecule has 0 spiro atoms. The molecule has 0 bridgehead atoms. The zero-order chi connectivity index (χ0) is 14.7. The number of aromatic hydroxyl groups is 1. The highest BCUT2D eigenvalue weighted by Crippen LogP contribution is 2.21. The van der Waals surface area contributed by atoms with Gasteiger partial charge in [-0.25, -0.2) is 4.98 Å². The summed E-state index contributed by atoms with van der Waals surface area (Å²) in [5.41, 5.74) is 1.57. The van der Waals surface area contributed by atoms with Gasteiger partial charge in [-0.05, 0) is 43.2 Å². The number of hydrogen-bond acceptors (Lipinski definition) is 3. The molecule has 0 fully saturated rings. The van der Waals surface area contributed by atoms with Crippen LogP contribution in [0, 0.1) is 6.92 Å². The summed E-state index contributed by atoms with van der Waals surface area (Å²) >= 11 is 5.83. The second-order valence-corrected chi connectivity index (χ2v) is 5.01. The van der Waals surface area contributed by atoms with E-state index in [4.69, 9.17) is 11.6 Å². The van der Waals surface area contributed by atoms with Gasteiger partial charge < -0.3 is 10.4 Å². The van der Waals surface area contributed by atoms with Crippen LogP contribution in [0.4, 0.5) is 0 Å². The molecule has 0 saturated heterocycles. The maximum atomic E-state index is 12.1. The van der Waals surface area contributed by atoms with Gasteiger partial charge in [-0.3, -0.25) is 4.79 Å². The van der Waals surface area contributed by atoms with Crippen LogP contribution in [-0.4, -0.2) is 16.0 Å². The molecule has 20 heavy (non-hydrogen) atoms. The minimum Gasteiger partial charge on any atom is -0.505 e. The molecule has 2 aromatic rings. The third kappa shape index (κ3) is 3.08. The third-order valence-electron chi connectivity index (χ3n) is 3.06. The number of halogens is 1. The lowest BCUT2D eigenvalue weighted by atomic mass is 10.1. The van der Waals surface area contributed by atoms with Gasteiger partial charge in [0.15, 0.2) is 5.69 Å². The minimum atomic E-state index is -0.409. The molecule has 0 aliphatic rings. The summed E-state index contributed by atoms with van der Waals surface area (Å²) in [7, 11) is 0. The Kier molecular flexibility index (Phi) is 4.25. The van der Waals surface area contributed by atoms with Crippen molar-refractivity contribution in [3.8, 4) is 5.75 Å². The Bertz CT molecular complexity index is 626. The van der Waals surface area contributed by atoms with E-state index in [1.54, 1.807) is 25.1 Å². The number of benzene rings is 1. The predicted molar refractivity (Wildman–Crippen MR) is 78.0 cm³/mol. The molecule has 4 nitrogen and oxygen atoms in total. The van der Waals surface area contributed by atoms with Crippen LogP contribution in [0.3, 0.4) is 0 Å². The smallest absolute Gasteiger partial charge is 0.274 e. The fourth-order valence-electron chi connectivity index (χ4n) is 1.82. The zero-order valence-electron chi connectivity index (χ0n) is 11.2. The third-order valence-corrected chi connectivity index (χ3v) is 3.31. The van der Waals surface area contributed by atoms with Crippen molar-refractivity contribution in [2.45, 2.75) is 19.9 Å². The van der Waals surface area contributed by atoms with Gasteiger partial charge in [-0.2, -0.15) is 0 Å². The Balaban J connectivity index is 2.15. The number of aromatic nitrogens is 1. The molecule has 0 aliphatic carbocycles. The first kappa shape index (κ1) is 14.3. The van der Waals surface area contributed by atoms with E-state index in [9.17, 15) is 9.90 Å². The summed E-state index contributed by atoms with van der Waals surface area (Å²) in [5, 5.41) is 13.3. The normalized spacial score (nSPS) is 11.9. The minimum absolute atomic E-state index is 0.0332. The van der Waals surface area contributed by atoms with E-state index in [1.807, 2.05) is 19.1 Å². The highest BCUT2D eigenvalue weighted by molar-refractivity contribution is 6.30. The first-order valence-electron chi connectivity index (χ1n) is 6.20. The van der Waals surface area contributed by atoms with Crippen LogP contribution < -0.4 is 5.32 Å². The van der Waals surface area contributed by atoms with Crippen LogP contribution >= 0.6 is 11.6 Å². The van der Waals surface area contributed by atoms with E-state index in [-0.39, 0.29) is 17.5 Å². The number of amides is 1. The summed E-state index contributed by atoms with van der Waals surface area (Å²) in [4.78, 5) is 16.0. The maximum absolute atomic E-state index is 12.1. The molecule has 0 saturated carbocycles. The molecule has 1 amide bonds. The van der Waals surface area contributed by atoms with E-state index in [2.05, 4.69) is 10.3 Å².